The first kappa shape index (κ1) is 26.0. The SMILES string of the molecule is COCCN(CC(=O)Nc1cc(C(C)(C)C)nn1-c1ccc(C)cc1)C(=O)Nc1cccc(C)c1. The van der Waals surface area contributed by atoms with Gasteiger partial charge in [-0.25, -0.2) is 9.48 Å². The zero-order valence-electron chi connectivity index (χ0n) is 21.4. The van der Waals surface area contributed by atoms with Crippen molar-refractivity contribution in [1.82, 2.24) is 14.7 Å². The fourth-order valence-electron chi connectivity index (χ4n) is 3.45. The molecule has 0 fully saturated rings. The maximum atomic E-state index is 13.1. The van der Waals surface area contributed by atoms with Crippen molar-refractivity contribution in [2.24, 2.45) is 0 Å². The van der Waals surface area contributed by atoms with Crippen LogP contribution in [0.5, 0.6) is 0 Å². The number of carbonyl (C=O) groups is 2. The largest absolute Gasteiger partial charge is 0.383 e. The quantitative estimate of drug-likeness (QED) is 0.483. The molecule has 0 atom stereocenters. The van der Waals surface area contributed by atoms with Crippen molar-refractivity contribution in [2.45, 2.75) is 40.0 Å². The van der Waals surface area contributed by atoms with E-state index in [0.29, 0.717) is 18.1 Å². The molecule has 0 aliphatic carbocycles. The van der Waals surface area contributed by atoms with Gasteiger partial charge in [0.1, 0.15) is 12.4 Å². The second-order valence-corrected chi connectivity index (χ2v) is 9.67. The van der Waals surface area contributed by atoms with Crippen LogP contribution in [0.3, 0.4) is 0 Å². The van der Waals surface area contributed by atoms with Crippen LogP contribution in [0.2, 0.25) is 0 Å². The number of ether oxygens (including phenoxy) is 1. The number of amides is 3. The Labute approximate surface area is 207 Å². The zero-order valence-corrected chi connectivity index (χ0v) is 21.4. The van der Waals surface area contributed by atoms with E-state index in [-0.39, 0.29) is 30.4 Å². The zero-order chi connectivity index (χ0) is 25.6. The number of nitrogens with one attached hydrogen (secondary N) is 2. The average Bonchev–Trinajstić information content (AvgIpc) is 3.21. The summed E-state index contributed by atoms with van der Waals surface area (Å²) in [6.45, 7) is 10.6. The first-order chi connectivity index (χ1) is 16.6. The minimum Gasteiger partial charge on any atom is -0.383 e. The van der Waals surface area contributed by atoms with E-state index in [1.165, 1.54) is 4.90 Å². The predicted molar refractivity (Wildman–Crippen MR) is 139 cm³/mol. The van der Waals surface area contributed by atoms with Gasteiger partial charge in [-0.15, -0.1) is 0 Å². The molecule has 2 aromatic carbocycles. The van der Waals surface area contributed by atoms with Crippen LogP contribution in [-0.2, 0) is 14.9 Å². The molecule has 8 heteroatoms. The monoisotopic (exact) mass is 477 g/mol. The van der Waals surface area contributed by atoms with Gasteiger partial charge in [-0.1, -0.05) is 50.6 Å². The third-order valence-electron chi connectivity index (χ3n) is 5.48. The highest BCUT2D eigenvalue weighted by atomic mass is 16.5. The lowest BCUT2D eigenvalue weighted by Gasteiger charge is -2.22. The third kappa shape index (κ3) is 7.16. The summed E-state index contributed by atoms with van der Waals surface area (Å²) in [7, 11) is 1.56. The highest BCUT2D eigenvalue weighted by Crippen LogP contribution is 2.26. The number of nitrogens with zero attached hydrogens (tertiary/aromatic N) is 3. The predicted octanol–water partition coefficient (Wildman–Crippen LogP) is 4.91. The molecule has 0 saturated carbocycles. The van der Waals surface area contributed by atoms with Crippen LogP contribution in [-0.4, -0.2) is 53.4 Å². The summed E-state index contributed by atoms with van der Waals surface area (Å²) in [5, 5.41) is 10.6. The number of rotatable bonds is 8. The van der Waals surface area contributed by atoms with Crippen LogP contribution in [0, 0.1) is 13.8 Å². The lowest BCUT2D eigenvalue weighted by atomic mass is 9.92. The standard InChI is InChI=1S/C27H35N5O3/c1-19-10-12-22(13-11-19)32-24(17-23(30-32)27(3,4)5)29-25(33)18-31(14-15-35-6)26(34)28-21-9-7-8-20(2)16-21/h7-13,16-17H,14-15,18H2,1-6H3,(H,28,34)(H,29,33). The van der Waals surface area contributed by atoms with Crippen molar-refractivity contribution in [2.75, 3.05) is 37.4 Å². The number of anilines is 2. The maximum Gasteiger partial charge on any atom is 0.322 e. The Balaban J connectivity index is 1.80. The Kier molecular flexibility index (Phi) is 8.30. The van der Waals surface area contributed by atoms with Gasteiger partial charge in [0.15, 0.2) is 0 Å². The fraction of sp³-hybridized carbons (Fsp3) is 0.370. The number of carbonyl (C=O) groups excluding carboxylic acids is 2. The molecular formula is C27H35N5O3. The Morgan fingerprint density at radius 2 is 1.71 bits per heavy atom. The molecule has 0 unspecified atom stereocenters. The van der Waals surface area contributed by atoms with Gasteiger partial charge in [-0.2, -0.15) is 5.10 Å². The number of aromatic nitrogens is 2. The summed E-state index contributed by atoms with van der Waals surface area (Å²) in [6.07, 6.45) is 0. The van der Waals surface area contributed by atoms with E-state index in [1.807, 2.05) is 68.4 Å². The molecule has 0 aliphatic rings. The Morgan fingerprint density at radius 1 is 1.00 bits per heavy atom. The van der Waals surface area contributed by atoms with E-state index in [1.54, 1.807) is 11.8 Å². The second-order valence-electron chi connectivity index (χ2n) is 9.67. The first-order valence-electron chi connectivity index (χ1n) is 11.7. The molecule has 0 bridgehead atoms. The number of urea groups is 1. The van der Waals surface area contributed by atoms with E-state index >= 15 is 0 Å². The molecule has 3 aromatic rings. The van der Waals surface area contributed by atoms with E-state index in [0.717, 1.165) is 22.5 Å². The van der Waals surface area contributed by atoms with Crippen LogP contribution >= 0.6 is 0 Å². The highest BCUT2D eigenvalue weighted by Gasteiger charge is 2.23. The van der Waals surface area contributed by atoms with Crippen molar-refractivity contribution in [1.29, 1.82) is 0 Å². The van der Waals surface area contributed by atoms with Gasteiger partial charge in [-0.3, -0.25) is 4.79 Å². The van der Waals surface area contributed by atoms with Crippen molar-refractivity contribution in [3.63, 3.8) is 0 Å². The van der Waals surface area contributed by atoms with E-state index in [2.05, 4.69) is 31.4 Å². The van der Waals surface area contributed by atoms with Crippen LogP contribution < -0.4 is 10.6 Å². The number of hydrogen-bond donors (Lipinski definition) is 2. The summed E-state index contributed by atoms with van der Waals surface area (Å²) < 4.78 is 6.88. The maximum absolute atomic E-state index is 13.1. The van der Waals surface area contributed by atoms with Crippen LogP contribution in [0.1, 0.15) is 37.6 Å². The molecule has 1 heterocycles. The molecule has 0 saturated heterocycles. The molecule has 0 radical (unpaired) electrons. The van der Waals surface area contributed by atoms with Gasteiger partial charge in [0, 0.05) is 30.8 Å². The molecule has 0 aliphatic heterocycles. The molecule has 1 aromatic heterocycles. The van der Waals surface area contributed by atoms with Crippen LogP contribution in [0.15, 0.2) is 54.6 Å². The Hall–Kier alpha value is -3.65. The molecule has 8 nitrogen and oxygen atoms in total. The summed E-state index contributed by atoms with van der Waals surface area (Å²) in [5.74, 6) is 0.226. The van der Waals surface area contributed by atoms with E-state index in [4.69, 9.17) is 9.84 Å². The molecule has 2 N–H and O–H groups in total. The minimum atomic E-state index is -0.370. The number of methoxy groups -OCH3 is 1. The molecule has 3 rings (SSSR count). The Bertz CT molecular complexity index is 1160. The van der Waals surface area contributed by atoms with Crippen molar-refractivity contribution in [3.8, 4) is 5.69 Å². The average molecular weight is 478 g/mol. The topological polar surface area (TPSA) is 88.5 Å². The highest BCUT2D eigenvalue weighted by molar-refractivity contribution is 5.96. The van der Waals surface area contributed by atoms with Crippen molar-refractivity contribution < 1.29 is 14.3 Å². The summed E-state index contributed by atoms with van der Waals surface area (Å²) in [4.78, 5) is 27.4. The smallest absolute Gasteiger partial charge is 0.322 e. The van der Waals surface area contributed by atoms with Gasteiger partial charge >= 0.3 is 6.03 Å². The van der Waals surface area contributed by atoms with E-state index < -0.39 is 0 Å². The number of benzene rings is 2. The third-order valence-corrected chi connectivity index (χ3v) is 5.48. The molecule has 35 heavy (non-hydrogen) atoms. The second kappa shape index (κ2) is 11.2. The first-order valence-corrected chi connectivity index (χ1v) is 11.7. The summed E-state index contributed by atoms with van der Waals surface area (Å²) in [6, 6.07) is 17.0. The van der Waals surface area contributed by atoms with E-state index in [9.17, 15) is 9.59 Å². The molecule has 3 amide bonds. The summed E-state index contributed by atoms with van der Waals surface area (Å²) >= 11 is 0. The normalized spacial score (nSPS) is 11.3. The van der Waals surface area contributed by atoms with Crippen molar-refractivity contribution >= 4 is 23.4 Å². The van der Waals surface area contributed by atoms with Gasteiger partial charge < -0.3 is 20.3 Å². The van der Waals surface area contributed by atoms with Crippen LogP contribution in [0.4, 0.5) is 16.3 Å². The molecular weight excluding hydrogens is 442 g/mol. The van der Waals surface area contributed by atoms with Gasteiger partial charge in [0.05, 0.1) is 18.0 Å². The molecule has 186 valence electrons. The molecule has 0 spiro atoms. The Morgan fingerprint density at radius 3 is 2.34 bits per heavy atom. The van der Waals surface area contributed by atoms with Gasteiger partial charge in [0.2, 0.25) is 5.91 Å². The van der Waals surface area contributed by atoms with Crippen LogP contribution in [0.25, 0.3) is 5.69 Å². The summed E-state index contributed by atoms with van der Waals surface area (Å²) in [5.41, 5.74) is 4.33. The van der Waals surface area contributed by atoms with Crippen molar-refractivity contribution in [3.05, 3.63) is 71.4 Å². The van der Waals surface area contributed by atoms with Gasteiger partial charge in [-0.05, 0) is 43.7 Å². The lowest BCUT2D eigenvalue weighted by Crippen LogP contribution is -2.42. The lowest BCUT2D eigenvalue weighted by molar-refractivity contribution is -0.116. The number of hydrogen-bond acceptors (Lipinski definition) is 4. The fourth-order valence-corrected chi connectivity index (χ4v) is 3.45. The van der Waals surface area contributed by atoms with Gasteiger partial charge in [0.25, 0.3) is 0 Å². The minimum absolute atomic E-state index is 0.134. The number of aryl methyl sites for hydroxylation is 2.